The Kier molecular flexibility index (Phi) is 5.06. The van der Waals surface area contributed by atoms with Crippen molar-refractivity contribution in [3.63, 3.8) is 0 Å². The maximum Gasteiger partial charge on any atom is 0.303 e. The zero-order valence-corrected chi connectivity index (χ0v) is 14.9. The lowest BCUT2D eigenvalue weighted by atomic mass is 10.1. The quantitative estimate of drug-likeness (QED) is 0.614. The predicted octanol–water partition coefficient (Wildman–Crippen LogP) is 3.51. The summed E-state index contributed by atoms with van der Waals surface area (Å²) in [6.45, 7) is 1.28. The molecule has 0 amide bonds. The molecule has 1 saturated heterocycles. The zero-order valence-electron chi connectivity index (χ0n) is 14.9. The van der Waals surface area contributed by atoms with Crippen molar-refractivity contribution in [2.45, 2.75) is 38.2 Å². The van der Waals surface area contributed by atoms with Crippen molar-refractivity contribution in [3.05, 3.63) is 36.5 Å². The molecule has 0 radical (unpaired) electrons. The van der Waals surface area contributed by atoms with Crippen LogP contribution in [0.4, 0.5) is 5.82 Å². The van der Waals surface area contributed by atoms with Gasteiger partial charge in [-0.1, -0.05) is 0 Å². The average molecular weight is 370 g/mol. The van der Waals surface area contributed by atoms with Gasteiger partial charge in [-0.15, -0.1) is 0 Å². The average Bonchev–Trinajstić information content (AvgIpc) is 3.31. The highest BCUT2D eigenvalue weighted by Crippen LogP contribution is 2.34. The van der Waals surface area contributed by atoms with Gasteiger partial charge >= 0.3 is 5.97 Å². The van der Waals surface area contributed by atoms with Crippen LogP contribution in [0.3, 0.4) is 0 Å². The number of aromatic nitrogens is 3. The first-order chi connectivity index (χ1) is 13.2. The van der Waals surface area contributed by atoms with E-state index in [1.165, 1.54) is 0 Å². The number of nitrogens with zero attached hydrogens (tertiary/aromatic N) is 3. The summed E-state index contributed by atoms with van der Waals surface area (Å²) in [5, 5.41) is 12.1. The molecule has 4 heterocycles. The molecule has 0 aliphatic carbocycles. The highest BCUT2D eigenvalue weighted by atomic mass is 16.5. The van der Waals surface area contributed by atoms with Crippen molar-refractivity contribution in [3.8, 4) is 11.5 Å². The summed E-state index contributed by atoms with van der Waals surface area (Å²) >= 11 is 0. The van der Waals surface area contributed by atoms with Crippen LogP contribution >= 0.6 is 0 Å². The summed E-state index contributed by atoms with van der Waals surface area (Å²) in [6.07, 6.45) is 9.01. The van der Waals surface area contributed by atoms with E-state index in [2.05, 4.69) is 15.3 Å². The number of fused-ring (bicyclic) bond motifs is 1. The Bertz CT molecular complexity index is 927. The number of carbonyl (C=O) groups is 1. The Labute approximate surface area is 156 Å². The monoisotopic (exact) mass is 370 g/mol. The second-order valence-corrected chi connectivity index (χ2v) is 6.59. The van der Waals surface area contributed by atoms with E-state index in [0.717, 1.165) is 37.4 Å². The van der Waals surface area contributed by atoms with E-state index in [9.17, 15) is 4.79 Å². The molecular weight excluding hydrogens is 348 g/mol. The van der Waals surface area contributed by atoms with E-state index in [0.29, 0.717) is 30.1 Å². The molecule has 1 fully saturated rings. The standard InChI is InChI=1S/C19H22N4O4/c24-17(25)5-3-8-21-19-18(22-16-12-20-9-10-23(16)19)15-7-6-14(27-15)13-4-1-2-11-26-13/h6-7,9-10,12-13,21H,1-5,8,11H2,(H,24,25). The normalized spacial score (nSPS) is 17.3. The largest absolute Gasteiger partial charge is 0.481 e. The minimum Gasteiger partial charge on any atom is -0.481 e. The van der Waals surface area contributed by atoms with Crippen LogP contribution in [0.25, 0.3) is 17.1 Å². The Morgan fingerprint density at radius 1 is 1.37 bits per heavy atom. The van der Waals surface area contributed by atoms with Gasteiger partial charge in [0.05, 0.1) is 6.20 Å². The summed E-state index contributed by atoms with van der Waals surface area (Å²) in [5.74, 6) is 1.44. The molecule has 8 heteroatoms. The van der Waals surface area contributed by atoms with E-state index in [1.54, 1.807) is 12.4 Å². The van der Waals surface area contributed by atoms with Crippen molar-refractivity contribution in [2.24, 2.45) is 0 Å². The number of anilines is 1. The molecule has 1 aliphatic rings. The first-order valence-corrected chi connectivity index (χ1v) is 9.22. The summed E-state index contributed by atoms with van der Waals surface area (Å²) < 4.78 is 13.8. The summed E-state index contributed by atoms with van der Waals surface area (Å²) in [7, 11) is 0. The van der Waals surface area contributed by atoms with Crippen LogP contribution in [-0.4, -0.2) is 38.6 Å². The molecular formula is C19H22N4O4. The second-order valence-electron chi connectivity index (χ2n) is 6.59. The second kappa shape index (κ2) is 7.79. The number of imidazole rings is 1. The molecule has 1 atom stereocenters. The number of furan rings is 1. The number of carboxylic acid groups (broad SMARTS) is 1. The van der Waals surface area contributed by atoms with Gasteiger partial charge in [-0.25, -0.2) is 4.98 Å². The lowest BCUT2D eigenvalue weighted by Crippen LogP contribution is -2.10. The van der Waals surface area contributed by atoms with E-state index < -0.39 is 5.97 Å². The smallest absolute Gasteiger partial charge is 0.303 e. The molecule has 1 unspecified atom stereocenters. The Morgan fingerprint density at radius 3 is 3.11 bits per heavy atom. The molecule has 2 N–H and O–H groups in total. The summed E-state index contributed by atoms with van der Waals surface area (Å²) in [5.41, 5.74) is 1.38. The highest BCUT2D eigenvalue weighted by Gasteiger charge is 2.22. The van der Waals surface area contributed by atoms with Crippen LogP contribution in [0.15, 0.2) is 35.1 Å². The number of hydrogen-bond acceptors (Lipinski definition) is 6. The first-order valence-electron chi connectivity index (χ1n) is 9.22. The van der Waals surface area contributed by atoms with Crippen molar-refractivity contribution in [1.29, 1.82) is 0 Å². The topological polar surface area (TPSA) is 102 Å². The fourth-order valence-electron chi connectivity index (χ4n) is 3.31. The number of rotatable bonds is 7. The Balaban J connectivity index is 1.61. The van der Waals surface area contributed by atoms with Crippen molar-refractivity contribution in [1.82, 2.24) is 14.4 Å². The van der Waals surface area contributed by atoms with Gasteiger partial charge in [-0.3, -0.25) is 14.2 Å². The van der Waals surface area contributed by atoms with Crippen molar-refractivity contribution < 1.29 is 19.1 Å². The fourth-order valence-corrected chi connectivity index (χ4v) is 3.31. The first kappa shape index (κ1) is 17.5. The van der Waals surface area contributed by atoms with Gasteiger partial charge in [0.2, 0.25) is 0 Å². The number of hydrogen-bond donors (Lipinski definition) is 2. The molecule has 0 aromatic carbocycles. The third kappa shape index (κ3) is 3.80. The van der Waals surface area contributed by atoms with Crippen LogP contribution in [0, 0.1) is 0 Å². The van der Waals surface area contributed by atoms with Crippen LogP contribution < -0.4 is 5.32 Å². The molecule has 8 nitrogen and oxygen atoms in total. The van der Waals surface area contributed by atoms with Gasteiger partial charge in [0.1, 0.15) is 23.4 Å². The zero-order chi connectivity index (χ0) is 18.6. The number of carboxylic acids is 1. The van der Waals surface area contributed by atoms with E-state index in [1.807, 2.05) is 22.7 Å². The highest BCUT2D eigenvalue weighted by molar-refractivity contribution is 5.73. The van der Waals surface area contributed by atoms with Gasteiger partial charge in [0, 0.05) is 32.0 Å². The molecule has 0 bridgehead atoms. The number of aliphatic carboxylic acids is 1. The van der Waals surface area contributed by atoms with Crippen LogP contribution in [0.1, 0.15) is 44.0 Å². The number of ether oxygens (including phenoxy) is 1. The van der Waals surface area contributed by atoms with Crippen LogP contribution in [0.2, 0.25) is 0 Å². The predicted molar refractivity (Wildman–Crippen MR) is 98.6 cm³/mol. The minimum absolute atomic E-state index is 0.00169. The fraction of sp³-hybridized carbons (Fsp3) is 0.421. The maximum absolute atomic E-state index is 10.7. The van der Waals surface area contributed by atoms with Crippen molar-refractivity contribution in [2.75, 3.05) is 18.5 Å². The van der Waals surface area contributed by atoms with Gasteiger partial charge in [0.25, 0.3) is 0 Å². The molecule has 0 saturated carbocycles. The van der Waals surface area contributed by atoms with Gasteiger partial charge < -0.3 is 19.6 Å². The van der Waals surface area contributed by atoms with Crippen LogP contribution in [0.5, 0.6) is 0 Å². The molecule has 3 aromatic heterocycles. The SMILES string of the molecule is O=C(O)CCCNc1c(-c2ccc(C3CCCCO3)o2)nc2cnccn12. The molecule has 3 aromatic rings. The summed E-state index contributed by atoms with van der Waals surface area (Å²) in [6, 6.07) is 3.85. The van der Waals surface area contributed by atoms with E-state index in [-0.39, 0.29) is 12.5 Å². The van der Waals surface area contributed by atoms with Crippen LogP contribution in [-0.2, 0) is 9.53 Å². The Hall–Kier alpha value is -2.87. The molecule has 0 spiro atoms. The van der Waals surface area contributed by atoms with Gasteiger partial charge in [0.15, 0.2) is 11.4 Å². The third-order valence-electron chi connectivity index (χ3n) is 4.65. The third-order valence-corrected chi connectivity index (χ3v) is 4.65. The molecule has 142 valence electrons. The molecule has 27 heavy (non-hydrogen) atoms. The molecule has 4 rings (SSSR count). The Morgan fingerprint density at radius 2 is 2.30 bits per heavy atom. The minimum atomic E-state index is -0.803. The lowest BCUT2D eigenvalue weighted by Gasteiger charge is -2.20. The maximum atomic E-state index is 10.7. The number of nitrogens with one attached hydrogen (secondary N) is 1. The lowest BCUT2D eigenvalue weighted by molar-refractivity contribution is -0.137. The van der Waals surface area contributed by atoms with E-state index >= 15 is 0 Å². The van der Waals surface area contributed by atoms with Crippen molar-refractivity contribution >= 4 is 17.4 Å². The summed E-state index contributed by atoms with van der Waals surface area (Å²) in [4.78, 5) is 19.5. The molecule has 1 aliphatic heterocycles. The van der Waals surface area contributed by atoms with E-state index in [4.69, 9.17) is 14.3 Å². The van der Waals surface area contributed by atoms with Gasteiger partial charge in [-0.2, -0.15) is 0 Å². The van der Waals surface area contributed by atoms with Gasteiger partial charge in [-0.05, 0) is 37.8 Å².